The van der Waals surface area contributed by atoms with E-state index < -0.39 is 11.7 Å². The maximum atomic E-state index is 12.8. The first-order valence-corrected chi connectivity index (χ1v) is 7.99. The Morgan fingerprint density at radius 3 is 2.78 bits per heavy atom. The molecule has 0 saturated carbocycles. The van der Waals surface area contributed by atoms with Gasteiger partial charge in [0.25, 0.3) is 0 Å². The number of nitrogens with zero attached hydrogens (tertiary/aromatic N) is 1. The molecule has 0 N–H and O–H groups in total. The summed E-state index contributed by atoms with van der Waals surface area (Å²) in [5.41, 5.74) is 0.0375. The van der Waals surface area contributed by atoms with E-state index in [0.29, 0.717) is 38.3 Å². The molecule has 1 amide bonds. The summed E-state index contributed by atoms with van der Waals surface area (Å²) in [6, 6.07) is 5.46. The Bertz CT molecular complexity index is 567. The van der Waals surface area contributed by atoms with E-state index in [1.54, 1.807) is 11.0 Å². The Morgan fingerprint density at radius 1 is 1.26 bits per heavy atom. The fraction of sp³-hybridized carbons (Fsp3) is 0.588. The molecule has 126 valence electrons. The van der Waals surface area contributed by atoms with Crippen molar-refractivity contribution in [1.82, 2.24) is 4.90 Å². The number of amides is 1. The zero-order valence-electron chi connectivity index (χ0n) is 12.8. The molecule has 1 aromatic rings. The van der Waals surface area contributed by atoms with Gasteiger partial charge in [0.2, 0.25) is 5.91 Å². The predicted molar refractivity (Wildman–Crippen MR) is 78.9 cm³/mol. The molecule has 2 fully saturated rings. The fourth-order valence-corrected chi connectivity index (χ4v) is 3.40. The van der Waals surface area contributed by atoms with Crippen LogP contribution >= 0.6 is 0 Å². The topological polar surface area (TPSA) is 29.5 Å². The van der Waals surface area contributed by atoms with Crippen molar-refractivity contribution in [1.29, 1.82) is 0 Å². The molecule has 3 nitrogen and oxygen atoms in total. The number of halogens is 3. The minimum absolute atomic E-state index is 0.0224. The number of rotatable bonds is 2. The van der Waals surface area contributed by atoms with E-state index in [-0.39, 0.29) is 17.7 Å². The molecular weight excluding hydrogens is 307 g/mol. The number of carbonyl (C=O) groups excluding carboxylic acids is 1. The van der Waals surface area contributed by atoms with E-state index in [9.17, 15) is 18.0 Å². The van der Waals surface area contributed by atoms with Gasteiger partial charge >= 0.3 is 6.18 Å². The second-order valence-electron chi connectivity index (χ2n) is 6.31. The number of alkyl halides is 3. The largest absolute Gasteiger partial charge is 0.416 e. The first-order valence-electron chi connectivity index (χ1n) is 7.99. The van der Waals surface area contributed by atoms with Crippen LogP contribution in [-0.4, -0.2) is 37.1 Å². The summed E-state index contributed by atoms with van der Waals surface area (Å²) in [6.45, 7) is 2.27. The SMILES string of the molecule is O=C([C@@H]1CCCOC1)N1CC[C@H](c2cccc(C(F)(F)F)c2)C1. The van der Waals surface area contributed by atoms with Crippen LogP contribution in [0.25, 0.3) is 0 Å². The smallest absolute Gasteiger partial charge is 0.381 e. The highest BCUT2D eigenvalue weighted by Gasteiger charge is 2.34. The van der Waals surface area contributed by atoms with Crippen LogP contribution in [0.3, 0.4) is 0 Å². The number of hydrogen-bond donors (Lipinski definition) is 0. The fourth-order valence-electron chi connectivity index (χ4n) is 3.40. The molecule has 6 heteroatoms. The highest BCUT2D eigenvalue weighted by atomic mass is 19.4. The quantitative estimate of drug-likeness (QED) is 0.833. The second-order valence-corrected chi connectivity index (χ2v) is 6.31. The Balaban J connectivity index is 1.66. The predicted octanol–water partition coefficient (Wildman–Crippen LogP) is 3.45. The molecule has 0 bridgehead atoms. The Labute approximate surface area is 133 Å². The van der Waals surface area contributed by atoms with Crippen LogP contribution in [0.1, 0.15) is 36.3 Å². The third-order valence-corrected chi connectivity index (χ3v) is 4.69. The van der Waals surface area contributed by atoms with Crippen molar-refractivity contribution in [3.63, 3.8) is 0 Å². The van der Waals surface area contributed by atoms with Crippen molar-refractivity contribution >= 4 is 5.91 Å². The molecule has 2 aliphatic heterocycles. The number of carbonyl (C=O) groups is 1. The molecule has 1 aromatic carbocycles. The zero-order valence-corrected chi connectivity index (χ0v) is 12.8. The molecule has 2 saturated heterocycles. The van der Waals surface area contributed by atoms with Crippen LogP contribution in [0.2, 0.25) is 0 Å². The summed E-state index contributed by atoms with van der Waals surface area (Å²) < 4.78 is 43.8. The van der Waals surface area contributed by atoms with Crippen LogP contribution in [0.5, 0.6) is 0 Å². The summed E-state index contributed by atoms with van der Waals surface area (Å²) in [4.78, 5) is 14.3. The van der Waals surface area contributed by atoms with E-state index in [0.717, 1.165) is 18.9 Å². The maximum Gasteiger partial charge on any atom is 0.416 e. The lowest BCUT2D eigenvalue weighted by Gasteiger charge is -2.26. The molecule has 2 heterocycles. The normalized spacial score (nSPS) is 25.6. The monoisotopic (exact) mass is 327 g/mol. The van der Waals surface area contributed by atoms with Gasteiger partial charge in [0.15, 0.2) is 0 Å². The lowest BCUT2D eigenvalue weighted by Crippen LogP contribution is -2.38. The molecule has 0 unspecified atom stereocenters. The van der Waals surface area contributed by atoms with Crippen molar-refractivity contribution in [2.45, 2.75) is 31.4 Å². The maximum absolute atomic E-state index is 12.8. The molecule has 0 spiro atoms. The third-order valence-electron chi connectivity index (χ3n) is 4.69. The molecule has 0 aromatic heterocycles. The van der Waals surface area contributed by atoms with Crippen molar-refractivity contribution < 1.29 is 22.7 Å². The third kappa shape index (κ3) is 3.68. The van der Waals surface area contributed by atoms with Gasteiger partial charge in [-0.2, -0.15) is 13.2 Å². The first kappa shape index (κ1) is 16.3. The summed E-state index contributed by atoms with van der Waals surface area (Å²) >= 11 is 0. The lowest BCUT2D eigenvalue weighted by atomic mass is 9.96. The molecule has 3 rings (SSSR count). The van der Waals surface area contributed by atoms with Crippen molar-refractivity contribution in [3.05, 3.63) is 35.4 Å². The highest BCUT2D eigenvalue weighted by Crippen LogP contribution is 2.34. The van der Waals surface area contributed by atoms with Crippen molar-refractivity contribution in [2.24, 2.45) is 5.92 Å². The minimum Gasteiger partial charge on any atom is -0.381 e. The second kappa shape index (κ2) is 6.51. The Kier molecular flexibility index (Phi) is 4.62. The van der Waals surface area contributed by atoms with Gasteiger partial charge < -0.3 is 9.64 Å². The van der Waals surface area contributed by atoms with E-state index in [1.807, 2.05) is 0 Å². The van der Waals surface area contributed by atoms with Crippen molar-refractivity contribution in [3.8, 4) is 0 Å². The summed E-state index contributed by atoms with van der Waals surface area (Å²) in [6.07, 6.45) is -1.89. The molecule has 2 atom stereocenters. The van der Waals surface area contributed by atoms with Gasteiger partial charge in [0.05, 0.1) is 18.1 Å². The van der Waals surface area contributed by atoms with Gasteiger partial charge in [-0.25, -0.2) is 0 Å². The summed E-state index contributed by atoms with van der Waals surface area (Å²) in [7, 11) is 0. The van der Waals surface area contributed by atoms with Crippen LogP contribution in [0, 0.1) is 5.92 Å². The molecule has 2 aliphatic rings. The molecule has 0 radical (unpaired) electrons. The van der Waals surface area contributed by atoms with Gasteiger partial charge in [-0.3, -0.25) is 4.79 Å². The van der Waals surface area contributed by atoms with Crippen LogP contribution in [0.4, 0.5) is 13.2 Å². The van der Waals surface area contributed by atoms with E-state index in [2.05, 4.69) is 0 Å². The standard InChI is InChI=1S/C17H20F3NO2/c18-17(19,20)15-5-1-3-12(9-15)13-6-7-21(10-13)16(22)14-4-2-8-23-11-14/h1,3,5,9,13-14H,2,4,6-8,10-11H2/t13-,14+/m0/s1. The van der Waals surface area contributed by atoms with Crippen LogP contribution in [0.15, 0.2) is 24.3 Å². The van der Waals surface area contributed by atoms with Gasteiger partial charge in [-0.05, 0) is 30.9 Å². The van der Waals surface area contributed by atoms with E-state index >= 15 is 0 Å². The molecule has 23 heavy (non-hydrogen) atoms. The van der Waals surface area contributed by atoms with E-state index in [1.165, 1.54) is 12.1 Å². The molecule has 0 aliphatic carbocycles. The first-order chi connectivity index (χ1) is 10.9. The van der Waals surface area contributed by atoms with Crippen LogP contribution < -0.4 is 0 Å². The zero-order chi connectivity index (χ0) is 16.4. The highest BCUT2D eigenvalue weighted by molar-refractivity contribution is 5.79. The summed E-state index contributed by atoms with van der Waals surface area (Å²) in [5.74, 6) is -0.0334. The molecular formula is C17H20F3NO2. The summed E-state index contributed by atoms with van der Waals surface area (Å²) in [5, 5.41) is 0. The van der Waals surface area contributed by atoms with Crippen LogP contribution in [-0.2, 0) is 15.7 Å². The number of benzene rings is 1. The average molecular weight is 327 g/mol. The number of likely N-dealkylation sites (tertiary alicyclic amines) is 1. The van der Waals surface area contributed by atoms with Gasteiger partial charge in [0, 0.05) is 25.6 Å². The van der Waals surface area contributed by atoms with E-state index in [4.69, 9.17) is 4.74 Å². The number of ether oxygens (including phenoxy) is 1. The van der Waals surface area contributed by atoms with Gasteiger partial charge in [-0.15, -0.1) is 0 Å². The minimum atomic E-state index is -4.33. The lowest BCUT2D eigenvalue weighted by molar-refractivity contribution is -0.139. The average Bonchev–Trinajstić information content (AvgIpc) is 3.04. The van der Waals surface area contributed by atoms with Gasteiger partial charge in [-0.1, -0.05) is 18.2 Å². The number of hydrogen-bond acceptors (Lipinski definition) is 2. The Hall–Kier alpha value is -1.56. The van der Waals surface area contributed by atoms with Crippen molar-refractivity contribution in [2.75, 3.05) is 26.3 Å². The Morgan fingerprint density at radius 2 is 2.09 bits per heavy atom. The van der Waals surface area contributed by atoms with Gasteiger partial charge in [0.1, 0.15) is 0 Å².